The maximum absolute atomic E-state index is 5.95. The van der Waals surface area contributed by atoms with Crippen molar-refractivity contribution in [3.05, 3.63) is 48.5 Å². The van der Waals surface area contributed by atoms with Gasteiger partial charge in [-0.3, -0.25) is 0 Å². The van der Waals surface area contributed by atoms with Crippen LogP contribution in [0, 0.1) is 0 Å². The molecule has 0 saturated carbocycles. The number of aryl methyl sites for hydroxylation is 1. The first-order valence-electron chi connectivity index (χ1n) is 6.36. The van der Waals surface area contributed by atoms with Gasteiger partial charge < -0.3 is 15.6 Å². The minimum absolute atomic E-state index is 0.720. The summed E-state index contributed by atoms with van der Waals surface area (Å²) >= 11 is 0. The van der Waals surface area contributed by atoms with Crippen molar-refractivity contribution in [2.45, 2.75) is 13.5 Å². The molecule has 1 aromatic heterocycles. The number of hydrogen-bond acceptors (Lipinski definition) is 3. The van der Waals surface area contributed by atoms with Crippen molar-refractivity contribution >= 4 is 28.4 Å². The number of anilines is 3. The van der Waals surface area contributed by atoms with Gasteiger partial charge in [0, 0.05) is 6.54 Å². The number of fused-ring (bicyclic) bond motifs is 1. The van der Waals surface area contributed by atoms with Crippen LogP contribution in [0.3, 0.4) is 0 Å². The molecule has 0 amide bonds. The van der Waals surface area contributed by atoms with Crippen molar-refractivity contribution in [2.24, 2.45) is 0 Å². The highest BCUT2D eigenvalue weighted by atomic mass is 15.2. The lowest BCUT2D eigenvalue weighted by molar-refractivity contribution is 0.797. The van der Waals surface area contributed by atoms with Crippen molar-refractivity contribution < 1.29 is 0 Å². The number of rotatable bonds is 3. The Hall–Kier alpha value is -2.49. The van der Waals surface area contributed by atoms with E-state index in [1.54, 1.807) is 0 Å². The molecule has 0 fully saturated rings. The van der Waals surface area contributed by atoms with E-state index in [0.29, 0.717) is 0 Å². The molecule has 1 heterocycles. The quantitative estimate of drug-likeness (QED) is 0.702. The molecule has 3 aromatic rings. The lowest BCUT2D eigenvalue weighted by Crippen LogP contribution is -2.03. The van der Waals surface area contributed by atoms with E-state index < -0.39 is 0 Å². The molecule has 0 bridgehead atoms. The average Bonchev–Trinajstić information content (AvgIpc) is 2.78. The Bertz CT molecular complexity index is 715. The van der Waals surface area contributed by atoms with Gasteiger partial charge in [-0.2, -0.15) is 0 Å². The molecule has 0 aliphatic rings. The number of nitrogens with one attached hydrogen (secondary N) is 1. The summed E-state index contributed by atoms with van der Waals surface area (Å²) in [6.07, 6.45) is 0. The molecule has 96 valence electrons. The van der Waals surface area contributed by atoms with Gasteiger partial charge in [-0.25, -0.2) is 4.98 Å². The fraction of sp³-hybridized carbons (Fsp3) is 0.133. The highest BCUT2D eigenvalue weighted by molar-refractivity contribution is 5.81. The van der Waals surface area contributed by atoms with Gasteiger partial charge in [0.05, 0.1) is 22.4 Å². The summed E-state index contributed by atoms with van der Waals surface area (Å²) in [5.41, 5.74) is 9.67. The van der Waals surface area contributed by atoms with E-state index in [9.17, 15) is 0 Å². The van der Waals surface area contributed by atoms with Gasteiger partial charge >= 0.3 is 0 Å². The van der Waals surface area contributed by atoms with Gasteiger partial charge in [-0.1, -0.05) is 24.3 Å². The van der Waals surface area contributed by atoms with E-state index in [2.05, 4.69) is 27.9 Å². The molecule has 3 rings (SSSR count). The Morgan fingerprint density at radius 2 is 1.84 bits per heavy atom. The molecular formula is C15H16N4. The number of hydrogen-bond donors (Lipinski definition) is 2. The first-order valence-corrected chi connectivity index (χ1v) is 6.36. The molecule has 0 aliphatic carbocycles. The van der Waals surface area contributed by atoms with E-state index >= 15 is 0 Å². The van der Waals surface area contributed by atoms with Gasteiger partial charge in [-0.15, -0.1) is 0 Å². The fourth-order valence-corrected chi connectivity index (χ4v) is 2.22. The van der Waals surface area contributed by atoms with Gasteiger partial charge in [0.2, 0.25) is 5.95 Å². The lowest BCUT2D eigenvalue weighted by atomic mass is 10.3. The van der Waals surface area contributed by atoms with Crippen LogP contribution in [0.2, 0.25) is 0 Å². The zero-order chi connectivity index (χ0) is 13.2. The van der Waals surface area contributed by atoms with Crippen molar-refractivity contribution in [3.63, 3.8) is 0 Å². The Balaban J connectivity index is 2.08. The van der Waals surface area contributed by atoms with Crippen LogP contribution in [0.5, 0.6) is 0 Å². The molecule has 0 spiro atoms. The topological polar surface area (TPSA) is 55.9 Å². The normalized spacial score (nSPS) is 10.8. The molecule has 19 heavy (non-hydrogen) atoms. The average molecular weight is 252 g/mol. The standard InChI is InChI=1S/C15H16N4/c1-2-19-14-10-6-5-9-13(14)18-15(19)17-12-8-4-3-7-11(12)16/h3-10H,2,16H2,1H3,(H,17,18). The summed E-state index contributed by atoms with van der Waals surface area (Å²) in [7, 11) is 0. The SMILES string of the molecule is CCn1c(Nc2ccccc2N)nc2ccccc21. The van der Waals surface area contributed by atoms with Crippen LogP contribution in [0.4, 0.5) is 17.3 Å². The smallest absolute Gasteiger partial charge is 0.208 e. The fourth-order valence-electron chi connectivity index (χ4n) is 2.22. The van der Waals surface area contributed by atoms with Crippen LogP contribution in [0.25, 0.3) is 11.0 Å². The van der Waals surface area contributed by atoms with Gasteiger partial charge in [-0.05, 0) is 31.2 Å². The van der Waals surface area contributed by atoms with Gasteiger partial charge in [0.1, 0.15) is 0 Å². The second-order valence-electron chi connectivity index (χ2n) is 4.38. The van der Waals surface area contributed by atoms with Gasteiger partial charge in [0.25, 0.3) is 0 Å². The molecule has 0 saturated heterocycles. The zero-order valence-corrected chi connectivity index (χ0v) is 10.8. The molecule has 0 radical (unpaired) electrons. The summed E-state index contributed by atoms with van der Waals surface area (Å²) < 4.78 is 2.14. The predicted octanol–water partition coefficient (Wildman–Crippen LogP) is 3.38. The number of imidazole rings is 1. The third-order valence-corrected chi connectivity index (χ3v) is 3.18. The summed E-state index contributed by atoms with van der Waals surface area (Å²) in [5, 5.41) is 3.31. The zero-order valence-electron chi connectivity index (χ0n) is 10.8. The van der Waals surface area contributed by atoms with E-state index in [1.165, 1.54) is 0 Å². The van der Waals surface area contributed by atoms with Crippen molar-refractivity contribution in [2.75, 3.05) is 11.1 Å². The third-order valence-electron chi connectivity index (χ3n) is 3.18. The Morgan fingerprint density at radius 1 is 1.11 bits per heavy atom. The van der Waals surface area contributed by atoms with E-state index in [-0.39, 0.29) is 0 Å². The second-order valence-corrected chi connectivity index (χ2v) is 4.38. The first kappa shape index (κ1) is 11.6. The molecule has 0 aliphatic heterocycles. The second kappa shape index (κ2) is 4.65. The largest absolute Gasteiger partial charge is 0.397 e. The summed E-state index contributed by atoms with van der Waals surface area (Å²) in [6, 6.07) is 15.8. The summed E-state index contributed by atoms with van der Waals surface area (Å²) in [6.45, 7) is 2.96. The molecule has 0 unspecified atom stereocenters. The molecule has 4 nitrogen and oxygen atoms in total. The first-order chi connectivity index (χ1) is 9.29. The lowest BCUT2D eigenvalue weighted by Gasteiger charge is -2.10. The Labute approximate surface area is 111 Å². The van der Waals surface area contributed by atoms with Crippen LogP contribution in [0.1, 0.15) is 6.92 Å². The van der Waals surface area contributed by atoms with Crippen LogP contribution >= 0.6 is 0 Å². The van der Waals surface area contributed by atoms with Crippen LogP contribution in [-0.4, -0.2) is 9.55 Å². The number of para-hydroxylation sites is 4. The highest BCUT2D eigenvalue weighted by Crippen LogP contribution is 2.25. The molecule has 4 heteroatoms. The maximum Gasteiger partial charge on any atom is 0.208 e. The minimum Gasteiger partial charge on any atom is -0.397 e. The predicted molar refractivity (Wildman–Crippen MR) is 79.5 cm³/mol. The molecule has 0 atom stereocenters. The van der Waals surface area contributed by atoms with E-state index in [0.717, 1.165) is 34.9 Å². The Kier molecular flexibility index (Phi) is 2.83. The third kappa shape index (κ3) is 2.01. The number of nitrogens with two attached hydrogens (primary N) is 1. The molecular weight excluding hydrogens is 236 g/mol. The molecule has 3 N–H and O–H groups in total. The number of nitrogen functional groups attached to an aromatic ring is 1. The maximum atomic E-state index is 5.95. The Morgan fingerprint density at radius 3 is 2.63 bits per heavy atom. The van der Waals surface area contributed by atoms with Crippen molar-refractivity contribution in [1.29, 1.82) is 0 Å². The van der Waals surface area contributed by atoms with Crippen LogP contribution < -0.4 is 11.1 Å². The summed E-state index contributed by atoms with van der Waals surface area (Å²) in [5.74, 6) is 0.821. The van der Waals surface area contributed by atoms with E-state index in [4.69, 9.17) is 5.73 Å². The van der Waals surface area contributed by atoms with E-state index in [1.807, 2.05) is 42.5 Å². The molecule has 2 aromatic carbocycles. The van der Waals surface area contributed by atoms with Gasteiger partial charge in [0.15, 0.2) is 0 Å². The van der Waals surface area contributed by atoms with Crippen molar-refractivity contribution in [3.8, 4) is 0 Å². The monoisotopic (exact) mass is 252 g/mol. The van der Waals surface area contributed by atoms with Crippen LogP contribution in [0.15, 0.2) is 48.5 Å². The van der Waals surface area contributed by atoms with Crippen LogP contribution in [-0.2, 0) is 6.54 Å². The summed E-state index contributed by atoms with van der Waals surface area (Å²) in [4.78, 5) is 4.62. The van der Waals surface area contributed by atoms with Crippen molar-refractivity contribution in [1.82, 2.24) is 9.55 Å². The number of benzene rings is 2. The minimum atomic E-state index is 0.720. The number of aromatic nitrogens is 2. The number of nitrogens with zero attached hydrogens (tertiary/aromatic N) is 2. The highest BCUT2D eigenvalue weighted by Gasteiger charge is 2.09.